The molecule has 0 spiro atoms. The Labute approximate surface area is 142 Å². The van der Waals surface area contributed by atoms with Gasteiger partial charge in [-0.15, -0.1) is 0 Å². The minimum atomic E-state index is 0.168. The molecule has 0 aliphatic carbocycles. The maximum absolute atomic E-state index is 5.65. The van der Waals surface area contributed by atoms with Crippen LogP contribution in [0.1, 0.15) is 21.5 Å². The van der Waals surface area contributed by atoms with Gasteiger partial charge in [0.2, 0.25) is 0 Å². The molecule has 2 aromatic carbocycles. The molecule has 21 heavy (non-hydrogen) atoms. The molecule has 0 aromatic heterocycles. The minimum Gasteiger partial charge on any atom is -0.490 e. The molecule has 0 radical (unpaired) electrons. The van der Waals surface area contributed by atoms with Gasteiger partial charge in [-0.2, -0.15) is 0 Å². The molecule has 4 heteroatoms. The van der Waals surface area contributed by atoms with Crippen molar-refractivity contribution in [3.63, 3.8) is 0 Å². The summed E-state index contributed by atoms with van der Waals surface area (Å²) in [5.41, 5.74) is 3.69. The molecule has 0 fully saturated rings. The fourth-order valence-electron chi connectivity index (χ4n) is 2.05. The maximum atomic E-state index is 5.65. The second-order valence-corrected chi connectivity index (χ2v) is 6.58. The summed E-state index contributed by atoms with van der Waals surface area (Å²) < 4.78 is 11.6. The van der Waals surface area contributed by atoms with E-state index in [9.17, 15) is 0 Å². The molecule has 2 aromatic rings. The zero-order valence-corrected chi connectivity index (χ0v) is 15.3. The smallest absolute Gasteiger partial charge is 0.133 e. The van der Waals surface area contributed by atoms with Crippen LogP contribution in [0.15, 0.2) is 46.9 Å². The SMILES string of the molecule is COCCOc1ccc(C(Br)c2cccc(C)c2)cc1Br. The Bertz CT molecular complexity index is 599. The Morgan fingerprint density at radius 2 is 1.81 bits per heavy atom. The van der Waals surface area contributed by atoms with Gasteiger partial charge in [-0.25, -0.2) is 0 Å². The molecule has 112 valence electrons. The second kappa shape index (κ2) is 7.97. The van der Waals surface area contributed by atoms with Gasteiger partial charge in [0.25, 0.3) is 0 Å². The van der Waals surface area contributed by atoms with Crippen molar-refractivity contribution < 1.29 is 9.47 Å². The highest BCUT2D eigenvalue weighted by Crippen LogP contribution is 2.35. The summed E-state index contributed by atoms with van der Waals surface area (Å²) in [6.07, 6.45) is 0. The summed E-state index contributed by atoms with van der Waals surface area (Å²) in [6, 6.07) is 14.7. The fraction of sp³-hybridized carbons (Fsp3) is 0.294. The first-order valence-corrected chi connectivity index (χ1v) is 8.44. The van der Waals surface area contributed by atoms with Crippen molar-refractivity contribution in [1.82, 2.24) is 0 Å². The van der Waals surface area contributed by atoms with E-state index in [1.807, 2.05) is 6.07 Å². The van der Waals surface area contributed by atoms with Crippen LogP contribution in [-0.2, 0) is 4.74 Å². The molecular weight excluding hydrogens is 396 g/mol. The molecule has 1 unspecified atom stereocenters. The predicted octanol–water partition coefficient (Wildman–Crippen LogP) is 5.27. The average Bonchev–Trinajstić information content (AvgIpc) is 2.48. The summed E-state index contributed by atoms with van der Waals surface area (Å²) in [4.78, 5) is 0.168. The van der Waals surface area contributed by atoms with E-state index in [1.54, 1.807) is 7.11 Å². The lowest BCUT2D eigenvalue weighted by Gasteiger charge is -2.14. The van der Waals surface area contributed by atoms with Crippen LogP contribution in [0.5, 0.6) is 5.75 Å². The molecule has 0 bridgehead atoms. The number of rotatable bonds is 6. The first-order chi connectivity index (χ1) is 10.1. The monoisotopic (exact) mass is 412 g/mol. The molecule has 0 saturated heterocycles. The van der Waals surface area contributed by atoms with Crippen molar-refractivity contribution in [2.24, 2.45) is 0 Å². The van der Waals surface area contributed by atoms with Gasteiger partial charge < -0.3 is 9.47 Å². The Balaban J connectivity index is 2.15. The predicted molar refractivity (Wildman–Crippen MR) is 93.5 cm³/mol. The standard InChI is InChI=1S/C17H18Br2O2/c1-12-4-3-5-13(10-12)17(19)14-6-7-16(15(18)11-14)21-9-8-20-2/h3-7,10-11,17H,8-9H2,1-2H3. The highest BCUT2D eigenvalue weighted by Gasteiger charge is 2.12. The van der Waals surface area contributed by atoms with Gasteiger partial charge in [0, 0.05) is 7.11 Å². The van der Waals surface area contributed by atoms with E-state index in [0.717, 1.165) is 10.2 Å². The van der Waals surface area contributed by atoms with Crippen LogP contribution in [0.2, 0.25) is 0 Å². The van der Waals surface area contributed by atoms with Crippen LogP contribution in [0.3, 0.4) is 0 Å². The van der Waals surface area contributed by atoms with E-state index in [2.05, 4.69) is 75.2 Å². The quantitative estimate of drug-likeness (QED) is 0.474. The number of methoxy groups -OCH3 is 1. The van der Waals surface area contributed by atoms with Crippen molar-refractivity contribution in [1.29, 1.82) is 0 Å². The van der Waals surface area contributed by atoms with E-state index >= 15 is 0 Å². The first kappa shape index (κ1) is 16.5. The molecule has 2 rings (SSSR count). The summed E-state index contributed by atoms with van der Waals surface area (Å²) in [7, 11) is 1.67. The van der Waals surface area contributed by atoms with E-state index in [4.69, 9.17) is 9.47 Å². The second-order valence-electron chi connectivity index (χ2n) is 4.81. The highest BCUT2D eigenvalue weighted by molar-refractivity contribution is 9.10. The van der Waals surface area contributed by atoms with Gasteiger partial charge in [-0.3, -0.25) is 0 Å². The van der Waals surface area contributed by atoms with Crippen LogP contribution in [0, 0.1) is 6.92 Å². The molecule has 1 atom stereocenters. The topological polar surface area (TPSA) is 18.5 Å². The van der Waals surface area contributed by atoms with Gasteiger partial charge >= 0.3 is 0 Å². The Hall–Kier alpha value is -0.840. The number of aryl methyl sites for hydroxylation is 1. The number of halogens is 2. The highest BCUT2D eigenvalue weighted by atomic mass is 79.9. The summed E-state index contributed by atoms with van der Waals surface area (Å²) in [5, 5.41) is 0. The first-order valence-electron chi connectivity index (χ1n) is 6.73. The number of hydrogen-bond acceptors (Lipinski definition) is 2. The van der Waals surface area contributed by atoms with E-state index in [0.29, 0.717) is 13.2 Å². The molecular formula is C17H18Br2O2. The van der Waals surface area contributed by atoms with Crippen molar-refractivity contribution in [3.8, 4) is 5.75 Å². The molecule has 0 heterocycles. The van der Waals surface area contributed by atoms with Gasteiger partial charge in [0.1, 0.15) is 12.4 Å². The lowest BCUT2D eigenvalue weighted by atomic mass is 10.0. The third-order valence-electron chi connectivity index (χ3n) is 3.13. The fourth-order valence-corrected chi connectivity index (χ4v) is 3.13. The number of benzene rings is 2. The minimum absolute atomic E-state index is 0.168. The van der Waals surface area contributed by atoms with Gasteiger partial charge in [-0.1, -0.05) is 51.8 Å². The third kappa shape index (κ3) is 4.56. The van der Waals surface area contributed by atoms with E-state index < -0.39 is 0 Å². The number of hydrogen-bond donors (Lipinski definition) is 0. The van der Waals surface area contributed by atoms with Crippen LogP contribution < -0.4 is 4.74 Å². The van der Waals surface area contributed by atoms with Crippen LogP contribution in [0.4, 0.5) is 0 Å². The average molecular weight is 414 g/mol. The zero-order valence-electron chi connectivity index (χ0n) is 12.1. The Morgan fingerprint density at radius 3 is 2.48 bits per heavy atom. The molecule has 0 N–H and O–H groups in total. The van der Waals surface area contributed by atoms with Gasteiger partial charge in [0.15, 0.2) is 0 Å². The Morgan fingerprint density at radius 1 is 1.05 bits per heavy atom. The van der Waals surface area contributed by atoms with E-state index in [-0.39, 0.29) is 4.83 Å². The summed E-state index contributed by atoms with van der Waals surface area (Å²) >= 11 is 7.34. The normalized spacial score (nSPS) is 12.2. The van der Waals surface area contributed by atoms with Crippen molar-refractivity contribution >= 4 is 31.9 Å². The van der Waals surface area contributed by atoms with Gasteiger partial charge in [0.05, 0.1) is 15.9 Å². The summed E-state index contributed by atoms with van der Waals surface area (Å²) in [5.74, 6) is 0.833. The largest absolute Gasteiger partial charge is 0.490 e. The van der Waals surface area contributed by atoms with Crippen LogP contribution >= 0.6 is 31.9 Å². The van der Waals surface area contributed by atoms with Crippen molar-refractivity contribution in [2.75, 3.05) is 20.3 Å². The molecule has 0 aliphatic rings. The van der Waals surface area contributed by atoms with Crippen molar-refractivity contribution in [2.45, 2.75) is 11.8 Å². The van der Waals surface area contributed by atoms with Crippen LogP contribution in [-0.4, -0.2) is 20.3 Å². The zero-order chi connectivity index (χ0) is 15.2. The molecule has 0 saturated carbocycles. The van der Waals surface area contributed by atoms with E-state index in [1.165, 1.54) is 16.7 Å². The Kier molecular flexibility index (Phi) is 6.27. The van der Waals surface area contributed by atoms with Gasteiger partial charge in [-0.05, 0) is 46.1 Å². The number of alkyl halides is 1. The third-order valence-corrected chi connectivity index (χ3v) is 4.81. The lowest BCUT2D eigenvalue weighted by molar-refractivity contribution is 0.146. The number of ether oxygens (including phenoxy) is 2. The lowest BCUT2D eigenvalue weighted by Crippen LogP contribution is -2.05. The van der Waals surface area contributed by atoms with Crippen molar-refractivity contribution in [3.05, 3.63) is 63.6 Å². The summed E-state index contributed by atoms with van der Waals surface area (Å²) in [6.45, 7) is 3.23. The molecule has 0 aliphatic heterocycles. The molecule has 2 nitrogen and oxygen atoms in total. The maximum Gasteiger partial charge on any atom is 0.133 e. The molecule has 0 amide bonds. The van der Waals surface area contributed by atoms with Crippen LogP contribution in [0.25, 0.3) is 0 Å².